The van der Waals surface area contributed by atoms with E-state index in [4.69, 9.17) is 9.47 Å². The molecule has 0 fully saturated rings. The van der Waals surface area contributed by atoms with Crippen molar-refractivity contribution in [1.82, 2.24) is 25.5 Å². The van der Waals surface area contributed by atoms with Crippen LogP contribution in [-0.2, 0) is 17.0 Å². The van der Waals surface area contributed by atoms with Gasteiger partial charge in [0.2, 0.25) is 12.7 Å². The van der Waals surface area contributed by atoms with E-state index in [0.29, 0.717) is 18.1 Å². The number of hydrogen-bond acceptors (Lipinski definition) is 7. The monoisotopic (exact) mass is 363 g/mol. The van der Waals surface area contributed by atoms with Gasteiger partial charge in [0.25, 0.3) is 0 Å². The number of hydrogen-bond donors (Lipinski definition) is 1. The zero-order chi connectivity index (χ0) is 17.6. The third kappa shape index (κ3) is 4.62. The summed E-state index contributed by atoms with van der Waals surface area (Å²) in [5.74, 6) is 3.32. The van der Waals surface area contributed by atoms with Crippen LogP contribution in [0.4, 0.5) is 0 Å². The lowest BCUT2D eigenvalue weighted by molar-refractivity contribution is -0.118. The van der Waals surface area contributed by atoms with Gasteiger partial charge in [-0.3, -0.25) is 4.79 Å². The average molecular weight is 363 g/mol. The summed E-state index contributed by atoms with van der Waals surface area (Å²) in [5, 5.41) is 14.5. The molecule has 1 aliphatic heterocycles. The zero-order valence-corrected chi connectivity index (χ0v) is 15.1. The van der Waals surface area contributed by atoms with E-state index in [1.165, 1.54) is 11.8 Å². The van der Waals surface area contributed by atoms with Gasteiger partial charge in [0.15, 0.2) is 17.3 Å². The number of carbonyl (C=O) groups is 1. The molecule has 0 atom stereocenters. The molecule has 1 aliphatic rings. The summed E-state index contributed by atoms with van der Waals surface area (Å²) in [6.45, 7) is 4.90. The van der Waals surface area contributed by atoms with Gasteiger partial charge < -0.3 is 14.8 Å². The van der Waals surface area contributed by atoms with Crippen LogP contribution < -0.4 is 14.8 Å². The summed E-state index contributed by atoms with van der Waals surface area (Å²) in [7, 11) is 0. The van der Waals surface area contributed by atoms with Crippen molar-refractivity contribution in [1.29, 1.82) is 0 Å². The number of amides is 1. The Morgan fingerprint density at radius 2 is 2.20 bits per heavy atom. The van der Waals surface area contributed by atoms with Crippen LogP contribution in [0.3, 0.4) is 0 Å². The molecule has 8 nitrogen and oxygen atoms in total. The number of benzene rings is 1. The van der Waals surface area contributed by atoms with Crippen LogP contribution in [0.25, 0.3) is 0 Å². The number of nitrogens with zero attached hydrogens (tertiary/aromatic N) is 4. The van der Waals surface area contributed by atoms with Crippen molar-refractivity contribution in [2.24, 2.45) is 0 Å². The number of fused-ring (bicyclic) bond motifs is 1. The van der Waals surface area contributed by atoms with Gasteiger partial charge in [-0.25, -0.2) is 4.68 Å². The molecule has 25 heavy (non-hydrogen) atoms. The molecule has 1 aromatic carbocycles. The first-order chi connectivity index (χ1) is 12.1. The van der Waals surface area contributed by atoms with Crippen LogP contribution in [0.5, 0.6) is 11.5 Å². The normalized spacial score (nSPS) is 12.6. The third-order valence-electron chi connectivity index (χ3n) is 3.69. The molecule has 0 saturated carbocycles. The van der Waals surface area contributed by atoms with E-state index in [-0.39, 0.29) is 18.7 Å². The second kappa shape index (κ2) is 8.19. The Balaban J connectivity index is 1.36. The smallest absolute Gasteiger partial charge is 0.231 e. The lowest BCUT2D eigenvalue weighted by Gasteiger charge is -2.08. The molecule has 0 bridgehead atoms. The minimum Gasteiger partial charge on any atom is -0.454 e. The van der Waals surface area contributed by atoms with Crippen molar-refractivity contribution < 1.29 is 14.3 Å². The molecule has 9 heteroatoms. The lowest BCUT2D eigenvalue weighted by Crippen LogP contribution is -2.27. The highest BCUT2D eigenvalue weighted by molar-refractivity contribution is 7.99. The van der Waals surface area contributed by atoms with Crippen LogP contribution in [0.15, 0.2) is 18.2 Å². The summed E-state index contributed by atoms with van der Waals surface area (Å²) in [6, 6.07) is 6.05. The van der Waals surface area contributed by atoms with Crippen molar-refractivity contribution >= 4 is 17.7 Å². The summed E-state index contributed by atoms with van der Waals surface area (Å²) in [5.41, 5.74) is 1.10. The van der Waals surface area contributed by atoms with E-state index in [1.807, 2.05) is 32.0 Å². The maximum absolute atomic E-state index is 11.9. The summed E-state index contributed by atoms with van der Waals surface area (Å²) in [6.07, 6.45) is 0.749. The Labute approximate surface area is 150 Å². The van der Waals surface area contributed by atoms with E-state index in [9.17, 15) is 4.79 Å². The Bertz CT molecular complexity index is 734. The minimum atomic E-state index is 0.00862. The van der Waals surface area contributed by atoms with Crippen molar-refractivity contribution in [3.63, 3.8) is 0 Å². The Kier molecular flexibility index (Phi) is 5.75. The molecular weight excluding hydrogens is 342 g/mol. The second-order valence-corrected chi connectivity index (χ2v) is 6.90. The van der Waals surface area contributed by atoms with Crippen LogP contribution in [0.1, 0.15) is 31.3 Å². The van der Waals surface area contributed by atoms with Crippen molar-refractivity contribution in [3.05, 3.63) is 29.6 Å². The fraction of sp³-hybridized carbons (Fsp3) is 0.500. The van der Waals surface area contributed by atoms with Gasteiger partial charge in [-0.2, -0.15) is 0 Å². The molecule has 2 aromatic rings. The van der Waals surface area contributed by atoms with Crippen LogP contribution >= 0.6 is 11.8 Å². The summed E-state index contributed by atoms with van der Waals surface area (Å²) in [4.78, 5) is 11.9. The predicted molar refractivity (Wildman–Crippen MR) is 93.6 cm³/mol. The number of ether oxygens (including phenoxy) is 2. The van der Waals surface area contributed by atoms with Gasteiger partial charge in [-0.1, -0.05) is 6.07 Å². The Hall–Kier alpha value is -2.29. The van der Waals surface area contributed by atoms with E-state index in [0.717, 1.165) is 29.3 Å². The fourth-order valence-electron chi connectivity index (χ4n) is 2.44. The molecule has 0 unspecified atom stereocenters. The first-order valence-electron chi connectivity index (χ1n) is 8.13. The molecular formula is C16H21N5O3S. The summed E-state index contributed by atoms with van der Waals surface area (Å²) >= 11 is 1.50. The number of rotatable bonds is 8. The number of aromatic nitrogens is 4. The molecule has 0 aliphatic carbocycles. The SMILES string of the molecule is CC(C)n1nnnc1CSCC(=O)NCCc1ccc2c(c1)OCO2. The lowest BCUT2D eigenvalue weighted by atomic mass is 10.1. The first-order valence-corrected chi connectivity index (χ1v) is 9.28. The van der Waals surface area contributed by atoms with Crippen LogP contribution in [0, 0.1) is 0 Å². The average Bonchev–Trinajstić information content (AvgIpc) is 3.23. The maximum Gasteiger partial charge on any atom is 0.231 e. The van der Waals surface area contributed by atoms with E-state index in [1.54, 1.807) is 4.68 Å². The summed E-state index contributed by atoms with van der Waals surface area (Å²) < 4.78 is 12.4. The zero-order valence-electron chi connectivity index (χ0n) is 14.3. The van der Waals surface area contributed by atoms with Gasteiger partial charge in [-0.05, 0) is 48.4 Å². The highest BCUT2D eigenvalue weighted by Gasteiger charge is 2.13. The number of nitrogens with one attached hydrogen (secondary N) is 1. The molecule has 0 saturated heterocycles. The van der Waals surface area contributed by atoms with Crippen LogP contribution in [-0.4, -0.2) is 45.2 Å². The Morgan fingerprint density at radius 3 is 3.04 bits per heavy atom. The largest absolute Gasteiger partial charge is 0.454 e. The van der Waals surface area contributed by atoms with Crippen molar-refractivity contribution in [2.75, 3.05) is 19.1 Å². The molecule has 134 valence electrons. The van der Waals surface area contributed by atoms with Crippen molar-refractivity contribution in [3.8, 4) is 11.5 Å². The van der Waals surface area contributed by atoms with Crippen LogP contribution in [0.2, 0.25) is 0 Å². The fourth-order valence-corrected chi connectivity index (χ4v) is 3.20. The molecule has 1 amide bonds. The first kappa shape index (κ1) is 17.5. The number of thioether (sulfide) groups is 1. The quantitative estimate of drug-likeness (QED) is 0.761. The standard InChI is InChI=1S/C16H21N5O3S/c1-11(2)21-15(18-19-20-21)8-25-9-16(22)17-6-5-12-3-4-13-14(7-12)24-10-23-13/h3-4,7,11H,5-6,8-10H2,1-2H3,(H,17,22). The molecule has 3 rings (SSSR count). The van der Waals surface area contributed by atoms with E-state index < -0.39 is 0 Å². The highest BCUT2D eigenvalue weighted by Crippen LogP contribution is 2.32. The molecule has 1 N–H and O–H groups in total. The van der Waals surface area contributed by atoms with Crippen molar-refractivity contribution in [2.45, 2.75) is 32.1 Å². The Morgan fingerprint density at radius 1 is 1.36 bits per heavy atom. The van der Waals surface area contributed by atoms with Gasteiger partial charge in [0, 0.05) is 6.54 Å². The van der Waals surface area contributed by atoms with Gasteiger partial charge in [-0.15, -0.1) is 16.9 Å². The minimum absolute atomic E-state index is 0.00862. The molecule has 0 spiro atoms. The van der Waals surface area contributed by atoms with E-state index in [2.05, 4.69) is 20.8 Å². The number of tetrazole rings is 1. The molecule has 2 heterocycles. The third-order valence-corrected chi connectivity index (χ3v) is 4.62. The molecule has 1 aromatic heterocycles. The second-order valence-electron chi connectivity index (χ2n) is 5.91. The topological polar surface area (TPSA) is 91.2 Å². The van der Waals surface area contributed by atoms with E-state index >= 15 is 0 Å². The number of carbonyl (C=O) groups excluding carboxylic acids is 1. The predicted octanol–water partition coefficient (Wildman–Crippen LogP) is 1.57. The van der Waals surface area contributed by atoms with Gasteiger partial charge in [0.1, 0.15) is 0 Å². The van der Waals surface area contributed by atoms with Gasteiger partial charge >= 0.3 is 0 Å². The molecule has 0 radical (unpaired) electrons. The highest BCUT2D eigenvalue weighted by atomic mass is 32.2. The van der Waals surface area contributed by atoms with Gasteiger partial charge in [0.05, 0.1) is 17.5 Å². The maximum atomic E-state index is 11.9.